The Bertz CT molecular complexity index is 830. The fourth-order valence-corrected chi connectivity index (χ4v) is 5.35. The number of carbonyl (C=O) groups excluding carboxylic acids is 1. The van der Waals surface area contributed by atoms with Gasteiger partial charge in [0.2, 0.25) is 5.91 Å². The van der Waals surface area contributed by atoms with E-state index in [-0.39, 0.29) is 0 Å². The predicted octanol–water partition coefficient (Wildman–Crippen LogP) is 3.88. The summed E-state index contributed by atoms with van der Waals surface area (Å²) in [5.41, 5.74) is 4.24. The molecule has 0 N–H and O–H groups in total. The van der Waals surface area contributed by atoms with Gasteiger partial charge in [-0.3, -0.25) is 14.6 Å². The second kappa shape index (κ2) is 11.8. The predicted molar refractivity (Wildman–Crippen MR) is 129 cm³/mol. The standard InChI is InChI=1S/C25H36N4O2S/c1-27(18-23-19-32-20-26-23)17-22-7-4-8-24(15-22)31-14-13-28-9-11-29(12-10-28)25(30)16-21-5-2-3-6-21/h4,7-8,15,19-21H,2-3,5-6,9-14,16-18H2,1H3. The lowest BCUT2D eigenvalue weighted by Gasteiger charge is -2.35. The summed E-state index contributed by atoms with van der Waals surface area (Å²) in [5, 5.41) is 2.10. The molecule has 1 aliphatic carbocycles. The van der Waals surface area contributed by atoms with Crippen LogP contribution in [-0.2, 0) is 17.9 Å². The molecule has 0 radical (unpaired) electrons. The smallest absolute Gasteiger partial charge is 0.222 e. The first-order chi connectivity index (χ1) is 15.7. The number of hydrogen-bond acceptors (Lipinski definition) is 6. The van der Waals surface area contributed by atoms with Crippen molar-refractivity contribution in [2.75, 3.05) is 46.4 Å². The molecular weight excluding hydrogens is 420 g/mol. The lowest BCUT2D eigenvalue weighted by molar-refractivity contribution is -0.133. The van der Waals surface area contributed by atoms with E-state index in [0.29, 0.717) is 18.4 Å². The molecule has 6 nitrogen and oxygen atoms in total. The number of aromatic nitrogens is 1. The molecule has 4 rings (SSSR count). The average Bonchev–Trinajstić information content (AvgIpc) is 3.49. The van der Waals surface area contributed by atoms with Crippen LogP contribution in [0, 0.1) is 5.92 Å². The molecule has 2 fully saturated rings. The van der Waals surface area contributed by atoms with Crippen molar-refractivity contribution in [2.24, 2.45) is 5.92 Å². The first-order valence-corrected chi connectivity index (χ1v) is 12.9. The maximum absolute atomic E-state index is 12.5. The van der Waals surface area contributed by atoms with Crippen molar-refractivity contribution in [1.82, 2.24) is 19.7 Å². The highest BCUT2D eigenvalue weighted by Gasteiger charge is 2.25. The highest BCUT2D eigenvalue weighted by Crippen LogP contribution is 2.28. The number of piperazine rings is 1. The zero-order valence-corrected chi connectivity index (χ0v) is 20.1. The van der Waals surface area contributed by atoms with E-state index in [4.69, 9.17) is 4.74 Å². The van der Waals surface area contributed by atoms with E-state index in [1.165, 1.54) is 31.2 Å². The van der Waals surface area contributed by atoms with E-state index < -0.39 is 0 Å². The van der Waals surface area contributed by atoms with Crippen LogP contribution in [0.3, 0.4) is 0 Å². The van der Waals surface area contributed by atoms with Crippen LogP contribution in [0.25, 0.3) is 0 Å². The summed E-state index contributed by atoms with van der Waals surface area (Å²) in [7, 11) is 2.12. The molecule has 1 saturated carbocycles. The highest BCUT2D eigenvalue weighted by atomic mass is 32.1. The maximum Gasteiger partial charge on any atom is 0.222 e. The van der Waals surface area contributed by atoms with Gasteiger partial charge in [0.1, 0.15) is 12.4 Å². The Morgan fingerprint density at radius 3 is 2.75 bits per heavy atom. The molecule has 1 aromatic heterocycles. The topological polar surface area (TPSA) is 48.9 Å². The zero-order chi connectivity index (χ0) is 22.2. The summed E-state index contributed by atoms with van der Waals surface area (Å²) in [5.74, 6) is 1.93. The van der Waals surface area contributed by atoms with Gasteiger partial charge in [0.05, 0.1) is 11.2 Å². The molecule has 2 heterocycles. The van der Waals surface area contributed by atoms with Gasteiger partial charge in [-0.2, -0.15) is 0 Å². The molecule has 1 saturated heterocycles. The molecule has 2 aliphatic rings. The number of benzene rings is 1. The molecule has 0 spiro atoms. The van der Waals surface area contributed by atoms with Gasteiger partial charge in [-0.25, -0.2) is 4.98 Å². The SMILES string of the molecule is CN(Cc1cccc(OCCN2CCN(C(=O)CC3CCCC3)CC2)c1)Cc1cscn1. The zero-order valence-electron chi connectivity index (χ0n) is 19.2. The number of ether oxygens (including phenoxy) is 1. The number of carbonyl (C=O) groups is 1. The Balaban J connectivity index is 1.14. The van der Waals surface area contributed by atoms with Crippen molar-refractivity contribution < 1.29 is 9.53 Å². The largest absolute Gasteiger partial charge is 0.492 e. The fraction of sp³-hybridized carbons (Fsp3) is 0.600. The Hall–Kier alpha value is -1.96. The number of thiazole rings is 1. The van der Waals surface area contributed by atoms with Gasteiger partial charge in [-0.05, 0) is 43.5 Å². The van der Waals surface area contributed by atoms with E-state index >= 15 is 0 Å². The molecule has 1 amide bonds. The molecule has 32 heavy (non-hydrogen) atoms. The fourth-order valence-electron chi connectivity index (χ4n) is 4.80. The first kappa shape index (κ1) is 23.2. The summed E-state index contributed by atoms with van der Waals surface area (Å²) >= 11 is 1.64. The van der Waals surface area contributed by atoms with Crippen LogP contribution < -0.4 is 4.74 Å². The van der Waals surface area contributed by atoms with Crippen molar-refractivity contribution in [3.05, 3.63) is 46.4 Å². The minimum Gasteiger partial charge on any atom is -0.492 e. The van der Waals surface area contributed by atoms with Crippen LogP contribution in [0.1, 0.15) is 43.4 Å². The molecule has 1 aromatic carbocycles. The summed E-state index contributed by atoms with van der Waals surface area (Å²) in [6.45, 7) is 6.89. The van der Waals surface area contributed by atoms with E-state index in [9.17, 15) is 4.79 Å². The van der Waals surface area contributed by atoms with E-state index in [2.05, 4.69) is 50.3 Å². The third-order valence-electron chi connectivity index (χ3n) is 6.61. The number of hydrogen-bond donors (Lipinski definition) is 0. The molecular formula is C25H36N4O2S. The van der Waals surface area contributed by atoms with Crippen LogP contribution in [0.2, 0.25) is 0 Å². The van der Waals surface area contributed by atoms with Crippen molar-refractivity contribution in [3.8, 4) is 5.75 Å². The maximum atomic E-state index is 12.5. The third kappa shape index (κ3) is 7.02. The van der Waals surface area contributed by atoms with E-state index in [1.807, 2.05) is 11.6 Å². The molecule has 174 valence electrons. The van der Waals surface area contributed by atoms with Crippen molar-refractivity contribution in [1.29, 1.82) is 0 Å². The highest BCUT2D eigenvalue weighted by molar-refractivity contribution is 7.07. The Morgan fingerprint density at radius 1 is 1.19 bits per heavy atom. The third-order valence-corrected chi connectivity index (χ3v) is 7.24. The van der Waals surface area contributed by atoms with Crippen LogP contribution in [0.5, 0.6) is 5.75 Å². The monoisotopic (exact) mass is 456 g/mol. The van der Waals surface area contributed by atoms with Crippen LogP contribution in [0.4, 0.5) is 0 Å². The van der Waals surface area contributed by atoms with Gasteiger partial charge in [0.15, 0.2) is 0 Å². The summed E-state index contributed by atoms with van der Waals surface area (Å²) in [6, 6.07) is 8.38. The lowest BCUT2D eigenvalue weighted by atomic mass is 10.0. The van der Waals surface area contributed by atoms with E-state index in [1.54, 1.807) is 11.3 Å². The lowest BCUT2D eigenvalue weighted by Crippen LogP contribution is -2.49. The first-order valence-electron chi connectivity index (χ1n) is 11.9. The number of amides is 1. The quantitative estimate of drug-likeness (QED) is 0.543. The van der Waals surface area contributed by atoms with Gasteiger partial charge < -0.3 is 9.64 Å². The molecule has 7 heteroatoms. The minimum absolute atomic E-state index is 0.365. The number of nitrogens with zero attached hydrogens (tertiary/aromatic N) is 4. The average molecular weight is 457 g/mol. The molecule has 0 bridgehead atoms. The molecule has 0 unspecified atom stereocenters. The second-order valence-electron chi connectivity index (χ2n) is 9.22. The minimum atomic E-state index is 0.365. The van der Waals surface area contributed by atoms with Gasteiger partial charge in [0.25, 0.3) is 0 Å². The molecule has 1 aliphatic heterocycles. The van der Waals surface area contributed by atoms with E-state index in [0.717, 1.165) is 63.7 Å². The van der Waals surface area contributed by atoms with Crippen LogP contribution in [0.15, 0.2) is 35.2 Å². The van der Waals surface area contributed by atoms with Gasteiger partial charge in [-0.15, -0.1) is 11.3 Å². The normalized spacial score (nSPS) is 17.9. The summed E-state index contributed by atoms with van der Waals surface area (Å²) in [6.07, 6.45) is 5.85. The van der Waals surface area contributed by atoms with Crippen LogP contribution >= 0.6 is 11.3 Å². The van der Waals surface area contributed by atoms with Gasteiger partial charge in [0, 0.05) is 57.6 Å². The second-order valence-corrected chi connectivity index (χ2v) is 9.94. The number of rotatable bonds is 10. The Morgan fingerprint density at radius 2 is 2.00 bits per heavy atom. The van der Waals surface area contributed by atoms with Crippen LogP contribution in [-0.4, -0.2) is 72.0 Å². The van der Waals surface area contributed by atoms with Crippen molar-refractivity contribution in [2.45, 2.75) is 45.2 Å². The Labute approximate surface area is 196 Å². The van der Waals surface area contributed by atoms with Crippen molar-refractivity contribution >= 4 is 17.2 Å². The summed E-state index contributed by atoms with van der Waals surface area (Å²) in [4.78, 5) is 23.6. The van der Waals surface area contributed by atoms with Gasteiger partial charge in [-0.1, -0.05) is 25.0 Å². The molecule has 2 aromatic rings. The Kier molecular flexibility index (Phi) is 8.54. The van der Waals surface area contributed by atoms with Gasteiger partial charge >= 0.3 is 0 Å². The molecule has 0 atom stereocenters. The van der Waals surface area contributed by atoms with Crippen molar-refractivity contribution in [3.63, 3.8) is 0 Å². The summed E-state index contributed by atoms with van der Waals surface area (Å²) < 4.78 is 6.05.